The topological polar surface area (TPSA) is 75.9 Å². The molecular formula is C12H23N3O3. The second-order valence-electron chi connectivity index (χ2n) is 5.45. The normalized spacial score (nSPS) is 21.8. The first-order valence-electron chi connectivity index (χ1n) is 6.24. The highest BCUT2D eigenvalue weighted by molar-refractivity contribution is 5.70. The summed E-state index contributed by atoms with van der Waals surface area (Å²) in [5.74, 6) is 0. The molecule has 0 saturated carbocycles. The van der Waals surface area contributed by atoms with Crippen LogP contribution in [0.25, 0.3) is 0 Å². The van der Waals surface area contributed by atoms with E-state index in [9.17, 15) is 9.59 Å². The van der Waals surface area contributed by atoms with Crippen molar-refractivity contribution in [3.63, 3.8) is 0 Å². The van der Waals surface area contributed by atoms with Gasteiger partial charge in [0.1, 0.15) is 11.9 Å². The Morgan fingerprint density at radius 1 is 1.44 bits per heavy atom. The molecule has 0 bridgehead atoms. The molecule has 1 saturated heterocycles. The molecule has 2 N–H and O–H groups in total. The summed E-state index contributed by atoms with van der Waals surface area (Å²) in [6.07, 6.45) is 0.508. The van der Waals surface area contributed by atoms with E-state index in [4.69, 9.17) is 10.5 Å². The first-order valence-corrected chi connectivity index (χ1v) is 6.24. The number of amides is 1. The first-order chi connectivity index (χ1) is 8.37. The predicted molar refractivity (Wildman–Crippen MR) is 68.3 cm³/mol. The van der Waals surface area contributed by atoms with Gasteiger partial charge in [-0.05, 0) is 20.8 Å². The van der Waals surface area contributed by atoms with E-state index < -0.39 is 5.60 Å². The smallest absolute Gasteiger partial charge is 0.410 e. The fraction of sp³-hybridized carbons (Fsp3) is 0.833. The number of aldehydes is 1. The average Bonchev–Trinajstić information content (AvgIpc) is 2.27. The minimum Gasteiger partial charge on any atom is -0.444 e. The maximum Gasteiger partial charge on any atom is 0.410 e. The van der Waals surface area contributed by atoms with E-state index in [0.717, 1.165) is 6.29 Å². The minimum atomic E-state index is -0.512. The van der Waals surface area contributed by atoms with E-state index in [-0.39, 0.29) is 12.1 Å². The quantitative estimate of drug-likeness (QED) is 0.724. The highest BCUT2D eigenvalue weighted by atomic mass is 16.6. The highest BCUT2D eigenvalue weighted by Gasteiger charge is 2.31. The van der Waals surface area contributed by atoms with Gasteiger partial charge in [-0.1, -0.05) is 0 Å². The number of rotatable bonds is 3. The summed E-state index contributed by atoms with van der Waals surface area (Å²) in [5, 5.41) is 0. The maximum atomic E-state index is 11.9. The fourth-order valence-corrected chi connectivity index (χ4v) is 1.91. The Hall–Kier alpha value is -1.14. The molecule has 1 unspecified atom stereocenters. The molecule has 1 fully saturated rings. The van der Waals surface area contributed by atoms with Crippen molar-refractivity contribution in [3.8, 4) is 0 Å². The number of hydrogen-bond donors (Lipinski definition) is 1. The van der Waals surface area contributed by atoms with Gasteiger partial charge in [0.25, 0.3) is 0 Å². The van der Waals surface area contributed by atoms with Gasteiger partial charge in [0.05, 0.1) is 6.04 Å². The van der Waals surface area contributed by atoms with Crippen molar-refractivity contribution in [2.45, 2.75) is 32.4 Å². The van der Waals surface area contributed by atoms with Gasteiger partial charge in [0.15, 0.2) is 0 Å². The molecule has 6 nitrogen and oxygen atoms in total. The van der Waals surface area contributed by atoms with Gasteiger partial charge in [0, 0.05) is 32.7 Å². The van der Waals surface area contributed by atoms with Crippen LogP contribution in [0.1, 0.15) is 20.8 Å². The van der Waals surface area contributed by atoms with Crippen molar-refractivity contribution in [2.24, 2.45) is 5.73 Å². The van der Waals surface area contributed by atoms with Crippen LogP contribution >= 0.6 is 0 Å². The molecule has 104 valence electrons. The summed E-state index contributed by atoms with van der Waals surface area (Å²) in [5.41, 5.74) is 4.98. The zero-order valence-electron chi connectivity index (χ0n) is 11.4. The second-order valence-corrected chi connectivity index (χ2v) is 5.45. The number of nitrogens with zero attached hydrogens (tertiary/aromatic N) is 2. The summed E-state index contributed by atoms with van der Waals surface area (Å²) < 4.78 is 5.29. The predicted octanol–water partition coefficient (Wildman–Crippen LogP) is 0.0653. The van der Waals surface area contributed by atoms with E-state index in [2.05, 4.69) is 0 Å². The van der Waals surface area contributed by atoms with Gasteiger partial charge in [-0.25, -0.2) is 4.79 Å². The molecule has 0 aromatic carbocycles. The van der Waals surface area contributed by atoms with Crippen molar-refractivity contribution >= 4 is 12.4 Å². The Labute approximate surface area is 108 Å². The Morgan fingerprint density at radius 2 is 2.11 bits per heavy atom. The lowest BCUT2D eigenvalue weighted by Gasteiger charge is -2.39. The van der Waals surface area contributed by atoms with E-state index in [1.54, 1.807) is 4.90 Å². The largest absolute Gasteiger partial charge is 0.444 e. The fourth-order valence-electron chi connectivity index (χ4n) is 1.91. The number of carbonyl (C=O) groups excluding carboxylic acids is 2. The van der Waals surface area contributed by atoms with Crippen molar-refractivity contribution in [2.75, 3.05) is 32.7 Å². The molecule has 1 heterocycles. The van der Waals surface area contributed by atoms with Crippen LogP contribution in [-0.4, -0.2) is 66.5 Å². The molecule has 1 aliphatic rings. The van der Waals surface area contributed by atoms with E-state index in [1.165, 1.54) is 0 Å². The molecule has 0 aromatic heterocycles. The third-order valence-electron chi connectivity index (χ3n) is 2.76. The first kappa shape index (κ1) is 14.9. The standard InChI is InChI=1S/C12H23N3O3/c1-12(2,3)18-11(17)15-7-6-14(5-4-13)10(8-15)9-16/h9-10H,4-8,13H2,1-3H3. The van der Waals surface area contributed by atoms with Gasteiger partial charge in [-0.2, -0.15) is 0 Å². The Balaban J connectivity index is 2.56. The van der Waals surface area contributed by atoms with Gasteiger partial charge >= 0.3 is 6.09 Å². The lowest BCUT2D eigenvalue weighted by molar-refractivity contribution is -0.114. The van der Waals surface area contributed by atoms with Crippen LogP contribution in [0.4, 0.5) is 4.79 Å². The highest BCUT2D eigenvalue weighted by Crippen LogP contribution is 2.13. The average molecular weight is 257 g/mol. The van der Waals surface area contributed by atoms with Crippen molar-refractivity contribution < 1.29 is 14.3 Å². The van der Waals surface area contributed by atoms with E-state index in [1.807, 2.05) is 25.7 Å². The molecule has 1 amide bonds. The van der Waals surface area contributed by atoms with Crippen LogP contribution in [0.2, 0.25) is 0 Å². The molecule has 1 aliphatic heterocycles. The number of carbonyl (C=O) groups is 2. The molecule has 0 aromatic rings. The molecule has 1 rings (SSSR count). The SMILES string of the molecule is CC(C)(C)OC(=O)N1CCN(CCN)C(C=O)C1. The number of hydrogen-bond acceptors (Lipinski definition) is 5. The van der Waals surface area contributed by atoms with Gasteiger partial charge in [-0.15, -0.1) is 0 Å². The molecule has 0 spiro atoms. The van der Waals surface area contributed by atoms with Crippen LogP contribution in [0, 0.1) is 0 Å². The molecular weight excluding hydrogens is 234 g/mol. The van der Waals surface area contributed by atoms with Gasteiger partial charge in [-0.3, -0.25) is 4.90 Å². The van der Waals surface area contributed by atoms with E-state index in [0.29, 0.717) is 32.7 Å². The van der Waals surface area contributed by atoms with Gasteiger partial charge in [0.2, 0.25) is 0 Å². The zero-order valence-corrected chi connectivity index (χ0v) is 11.4. The molecule has 18 heavy (non-hydrogen) atoms. The van der Waals surface area contributed by atoms with Gasteiger partial charge < -0.3 is 20.2 Å². The summed E-state index contributed by atoms with van der Waals surface area (Å²) >= 11 is 0. The maximum absolute atomic E-state index is 11.9. The number of ether oxygens (including phenoxy) is 1. The Kier molecular flexibility index (Phi) is 5.10. The molecule has 0 aliphatic carbocycles. The van der Waals surface area contributed by atoms with Crippen LogP contribution in [-0.2, 0) is 9.53 Å². The van der Waals surface area contributed by atoms with Crippen LogP contribution in [0.3, 0.4) is 0 Å². The van der Waals surface area contributed by atoms with E-state index >= 15 is 0 Å². The third-order valence-corrected chi connectivity index (χ3v) is 2.76. The van der Waals surface area contributed by atoms with Crippen LogP contribution < -0.4 is 5.73 Å². The zero-order chi connectivity index (χ0) is 13.8. The molecule has 6 heteroatoms. The second kappa shape index (κ2) is 6.15. The summed E-state index contributed by atoms with van der Waals surface area (Å²) in [7, 11) is 0. The van der Waals surface area contributed by atoms with Crippen LogP contribution in [0.5, 0.6) is 0 Å². The summed E-state index contributed by atoms with van der Waals surface area (Å²) in [6, 6.07) is -0.283. The minimum absolute atomic E-state index is 0.283. The lowest BCUT2D eigenvalue weighted by atomic mass is 10.2. The third kappa shape index (κ3) is 4.27. The summed E-state index contributed by atoms with van der Waals surface area (Å²) in [4.78, 5) is 26.5. The number of piperazine rings is 1. The monoisotopic (exact) mass is 257 g/mol. The van der Waals surface area contributed by atoms with Crippen LogP contribution in [0.15, 0.2) is 0 Å². The molecule has 1 atom stereocenters. The van der Waals surface area contributed by atoms with Crippen molar-refractivity contribution in [3.05, 3.63) is 0 Å². The van der Waals surface area contributed by atoms with Crippen molar-refractivity contribution in [1.29, 1.82) is 0 Å². The molecule has 0 radical (unpaired) electrons. The summed E-state index contributed by atoms with van der Waals surface area (Å²) in [6.45, 7) is 8.26. The lowest BCUT2D eigenvalue weighted by Crippen LogP contribution is -2.56. The Bertz CT molecular complexity index is 301. The number of nitrogens with two attached hydrogens (primary N) is 1. The Morgan fingerprint density at radius 3 is 2.61 bits per heavy atom. The van der Waals surface area contributed by atoms with Crippen molar-refractivity contribution in [1.82, 2.24) is 9.80 Å².